The Labute approximate surface area is 184 Å². The van der Waals surface area contributed by atoms with Crippen LogP contribution in [-0.4, -0.2) is 75.7 Å². The van der Waals surface area contributed by atoms with Crippen molar-refractivity contribution in [2.45, 2.75) is 24.5 Å². The lowest BCUT2D eigenvalue weighted by Gasteiger charge is -2.26. The van der Waals surface area contributed by atoms with E-state index in [9.17, 15) is 23.7 Å². The van der Waals surface area contributed by atoms with Gasteiger partial charge in [-0.3, -0.25) is 4.57 Å². The third-order valence-electron chi connectivity index (χ3n) is 4.75. The molecule has 0 aliphatic carbocycles. The van der Waals surface area contributed by atoms with Crippen LogP contribution in [0.4, 0.5) is 5.82 Å². The van der Waals surface area contributed by atoms with Crippen LogP contribution in [0.25, 0.3) is 11.2 Å². The summed E-state index contributed by atoms with van der Waals surface area (Å²) in [7, 11) is -2.74. The first-order valence-corrected chi connectivity index (χ1v) is 11.1. The van der Waals surface area contributed by atoms with Crippen LogP contribution in [0.15, 0.2) is 43.0 Å². The van der Waals surface area contributed by atoms with Gasteiger partial charge in [0, 0.05) is 13.7 Å². The third-order valence-corrected chi connectivity index (χ3v) is 5.32. The van der Waals surface area contributed by atoms with Gasteiger partial charge in [-0.05, 0) is 5.56 Å². The largest absolute Gasteiger partial charge is 0.394 e. The molecule has 0 radical (unpaired) electrons. The molecule has 0 bridgehead atoms. The average Bonchev–Trinajstić information content (AvgIpc) is 3.21. The van der Waals surface area contributed by atoms with Crippen molar-refractivity contribution >= 4 is 27.2 Å². The molecule has 14 heteroatoms. The Hall–Kier alpha value is -2.72. The molecule has 32 heavy (non-hydrogen) atoms. The Bertz CT molecular complexity index is 1130. The monoisotopic (exact) mass is 467 g/mol. The van der Waals surface area contributed by atoms with Gasteiger partial charge in [-0.2, -0.15) is 13.1 Å². The van der Waals surface area contributed by atoms with Crippen molar-refractivity contribution in [1.82, 2.24) is 24.2 Å². The predicted octanol–water partition coefficient (Wildman–Crippen LogP) is -1.37. The van der Waals surface area contributed by atoms with E-state index in [0.29, 0.717) is 11.3 Å². The lowest BCUT2D eigenvalue weighted by Crippen LogP contribution is -2.45. The van der Waals surface area contributed by atoms with E-state index in [1.165, 1.54) is 24.3 Å². The molecule has 4 atom stereocenters. The molecule has 2 heterocycles. The molecule has 0 saturated heterocycles. The van der Waals surface area contributed by atoms with Crippen molar-refractivity contribution in [3.8, 4) is 0 Å². The van der Waals surface area contributed by atoms with E-state index < -0.39 is 41.2 Å². The Morgan fingerprint density at radius 1 is 1.19 bits per heavy atom. The summed E-state index contributed by atoms with van der Waals surface area (Å²) in [6.45, 7) is -0.720. The first-order chi connectivity index (χ1) is 15.2. The summed E-state index contributed by atoms with van der Waals surface area (Å²) in [6, 6.07) is 8.84. The summed E-state index contributed by atoms with van der Waals surface area (Å²) in [5.74, 6) is 0.345. The number of nitrogens with one attached hydrogen (secondary N) is 2. The van der Waals surface area contributed by atoms with Gasteiger partial charge in [-0.25, -0.2) is 20.1 Å². The quantitative estimate of drug-likeness (QED) is 0.196. The van der Waals surface area contributed by atoms with Crippen LogP contribution < -0.4 is 15.2 Å². The minimum atomic E-state index is -4.05. The van der Waals surface area contributed by atoms with Crippen LogP contribution in [0.1, 0.15) is 17.8 Å². The number of rotatable bonds is 11. The number of nitrogens with zero attached hydrogens (tertiary/aromatic N) is 4. The van der Waals surface area contributed by atoms with Crippen LogP contribution in [0.2, 0.25) is 0 Å². The topological polar surface area (TPSA) is 198 Å². The molecule has 0 aliphatic rings. The Balaban J connectivity index is 1.87. The van der Waals surface area contributed by atoms with E-state index in [4.69, 9.17) is 9.88 Å². The Morgan fingerprint density at radius 2 is 1.91 bits per heavy atom. The van der Waals surface area contributed by atoms with Gasteiger partial charge < -0.3 is 25.4 Å². The number of benzene rings is 1. The van der Waals surface area contributed by atoms with Crippen LogP contribution in [0, 0.1) is 0 Å². The van der Waals surface area contributed by atoms with Crippen LogP contribution in [0.3, 0.4) is 0 Å². The van der Waals surface area contributed by atoms with E-state index in [1.807, 2.05) is 35.1 Å². The molecule has 0 spiro atoms. The maximum Gasteiger partial charge on any atom is 0.274 e. The number of imidazole rings is 1. The molecule has 0 amide bonds. The number of aromatic nitrogens is 4. The molecule has 3 aromatic rings. The zero-order chi connectivity index (χ0) is 23.3. The fourth-order valence-electron chi connectivity index (χ4n) is 3.16. The molecule has 1 aromatic carbocycles. The smallest absolute Gasteiger partial charge is 0.274 e. The molecule has 3 rings (SSSR count). The van der Waals surface area contributed by atoms with Gasteiger partial charge in [-0.15, -0.1) is 0 Å². The second-order valence-corrected chi connectivity index (χ2v) is 8.29. The lowest BCUT2D eigenvalue weighted by molar-refractivity contribution is -0.105. The van der Waals surface area contributed by atoms with Gasteiger partial charge in [0.15, 0.2) is 23.2 Å². The highest BCUT2D eigenvalue weighted by Gasteiger charge is 2.30. The Morgan fingerprint density at radius 3 is 2.53 bits per heavy atom. The van der Waals surface area contributed by atoms with Gasteiger partial charge in [0.05, 0.1) is 25.1 Å². The first-order valence-electron chi connectivity index (χ1n) is 9.51. The van der Waals surface area contributed by atoms with Gasteiger partial charge in [0.1, 0.15) is 12.4 Å². The molecular weight excluding hydrogens is 442 g/mol. The molecule has 13 nitrogen and oxygen atoms in total. The number of aliphatic hydroxyl groups excluding tert-OH is 3. The minimum Gasteiger partial charge on any atom is -0.394 e. The van der Waals surface area contributed by atoms with Gasteiger partial charge >= 0.3 is 0 Å². The zero-order valence-electron chi connectivity index (χ0n) is 17.1. The number of anilines is 1. The van der Waals surface area contributed by atoms with E-state index in [-0.39, 0.29) is 12.3 Å². The summed E-state index contributed by atoms with van der Waals surface area (Å²) in [5, 5.41) is 38.5. The van der Waals surface area contributed by atoms with E-state index in [0.717, 1.165) is 5.56 Å². The highest BCUT2D eigenvalue weighted by molar-refractivity contribution is 7.87. The van der Waals surface area contributed by atoms with Crippen molar-refractivity contribution in [2.24, 2.45) is 5.14 Å². The Kier molecular flexibility index (Phi) is 7.68. The SMILES string of the molecule is CO[C@H]([C@H](O)[C@H](O)CNS(N)(=O)=O)n1cnc2c(N[C@@H](CO)c3ccccc3)ncnc21. The number of aliphatic hydroxyl groups is 3. The number of hydrogen-bond acceptors (Lipinski definition) is 10. The van der Waals surface area contributed by atoms with Crippen molar-refractivity contribution < 1.29 is 28.5 Å². The normalized spacial score (nSPS) is 15.9. The lowest BCUT2D eigenvalue weighted by atomic mass is 10.1. The number of hydrogen-bond donors (Lipinski definition) is 6. The molecule has 0 unspecified atom stereocenters. The van der Waals surface area contributed by atoms with Crippen molar-refractivity contribution in [3.63, 3.8) is 0 Å². The molecule has 0 saturated carbocycles. The second kappa shape index (κ2) is 10.3. The van der Waals surface area contributed by atoms with Crippen LogP contribution in [-0.2, 0) is 14.9 Å². The number of nitrogens with two attached hydrogens (primary N) is 1. The van der Waals surface area contributed by atoms with Crippen molar-refractivity contribution in [1.29, 1.82) is 0 Å². The zero-order valence-corrected chi connectivity index (χ0v) is 17.9. The van der Waals surface area contributed by atoms with Crippen molar-refractivity contribution in [2.75, 3.05) is 25.6 Å². The highest BCUT2D eigenvalue weighted by atomic mass is 32.2. The summed E-state index contributed by atoms with van der Waals surface area (Å²) < 4.78 is 30.7. The number of fused-ring (bicyclic) bond motifs is 1. The van der Waals surface area contributed by atoms with E-state index >= 15 is 0 Å². The van der Waals surface area contributed by atoms with Crippen LogP contribution >= 0.6 is 0 Å². The van der Waals surface area contributed by atoms with Gasteiger partial charge in [0.2, 0.25) is 0 Å². The van der Waals surface area contributed by atoms with Crippen molar-refractivity contribution in [3.05, 3.63) is 48.5 Å². The van der Waals surface area contributed by atoms with E-state index in [1.54, 1.807) is 0 Å². The van der Waals surface area contributed by atoms with Crippen LogP contribution in [0.5, 0.6) is 0 Å². The third kappa shape index (κ3) is 5.55. The summed E-state index contributed by atoms with van der Waals surface area (Å²) in [5.41, 5.74) is 1.47. The average molecular weight is 468 g/mol. The van der Waals surface area contributed by atoms with E-state index in [2.05, 4.69) is 20.3 Å². The highest BCUT2D eigenvalue weighted by Crippen LogP contribution is 2.26. The molecule has 0 aliphatic heterocycles. The standard InChI is InChI=1S/C18H25N7O6S/c1-31-18(15(28)13(27)7-23-32(19,29)30)25-10-22-14-16(20-9-21-17(14)25)24-12(8-26)11-5-3-2-4-6-11/h2-6,9-10,12-13,15,18,23,26-28H,7-8H2,1H3,(H2,19,29,30)(H,20,21,24)/t12-,13+,15+,18+/m0/s1. The predicted molar refractivity (Wildman–Crippen MR) is 114 cm³/mol. The maximum atomic E-state index is 11.0. The molecule has 0 fully saturated rings. The fraction of sp³-hybridized carbons (Fsp3) is 0.389. The number of ether oxygens (including phenoxy) is 1. The number of methoxy groups -OCH3 is 1. The van der Waals surface area contributed by atoms with Gasteiger partial charge in [0.25, 0.3) is 10.2 Å². The second-order valence-electron chi connectivity index (χ2n) is 6.91. The molecular formula is C18H25N7O6S. The maximum absolute atomic E-state index is 11.0. The summed E-state index contributed by atoms with van der Waals surface area (Å²) in [4.78, 5) is 12.7. The fourth-order valence-corrected chi connectivity index (χ4v) is 3.56. The minimum absolute atomic E-state index is 0.196. The first kappa shape index (κ1) is 23.9. The summed E-state index contributed by atoms with van der Waals surface area (Å²) in [6.07, 6.45) is -1.61. The molecule has 7 N–H and O–H groups in total. The molecule has 2 aromatic heterocycles. The molecule has 174 valence electrons. The van der Waals surface area contributed by atoms with Gasteiger partial charge in [-0.1, -0.05) is 30.3 Å². The summed E-state index contributed by atoms with van der Waals surface area (Å²) >= 11 is 0.